The van der Waals surface area contributed by atoms with E-state index in [4.69, 9.17) is 8.83 Å². The second-order valence-electron chi connectivity index (χ2n) is 23.8. The van der Waals surface area contributed by atoms with Gasteiger partial charge >= 0.3 is 0 Å². The molecule has 82 heavy (non-hydrogen) atoms. The smallest absolute Gasteiger partial charge is 0.144 e. The molecule has 388 valence electrons. The fourth-order valence-corrected chi connectivity index (χ4v) is 15.4. The van der Waals surface area contributed by atoms with E-state index in [1.54, 1.807) is 0 Å². The van der Waals surface area contributed by atoms with Crippen LogP contribution in [0.15, 0.2) is 270 Å². The van der Waals surface area contributed by atoms with E-state index in [1.807, 2.05) is 0 Å². The Kier molecular flexibility index (Phi) is 9.74. The average molecular weight is 1050 g/mol. The minimum absolute atomic E-state index is 0.264. The van der Waals surface area contributed by atoms with Crippen molar-refractivity contribution in [3.63, 3.8) is 0 Å². The first-order chi connectivity index (χ1) is 40.2. The highest BCUT2D eigenvalue weighted by Crippen LogP contribution is 2.65. The lowest BCUT2D eigenvalue weighted by atomic mass is 9.67. The molecule has 3 heteroatoms. The SMILES string of the molecule is CC1(C)c2ccccc2-c2c1c1c(c3c2oc2ccccc23)-c2ccc(N(c3ccc(-c4ccccc4)cc3)c3ccc4c(c3)C(c3ccccc3)(c3ccccc3)c3cc(-c5ccccc5)c5oc6ccccc6c5c3-4)cc2C1(C)C. The Labute approximate surface area is 477 Å². The van der Waals surface area contributed by atoms with Gasteiger partial charge in [-0.3, -0.25) is 0 Å². The maximum atomic E-state index is 7.07. The highest BCUT2D eigenvalue weighted by molar-refractivity contribution is 6.22. The van der Waals surface area contributed by atoms with Crippen LogP contribution in [0.1, 0.15) is 72.2 Å². The molecule has 12 aromatic carbocycles. The normalized spacial score (nSPS) is 14.6. The summed E-state index contributed by atoms with van der Waals surface area (Å²) < 4.78 is 14.1. The van der Waals surface area contributed by atoms with Crippen molar-refractivity contribution >= 4 is 60.9 Å². The molecule has 0 spiro atoms. The van der Waals surface area contributed by atoms with E-state index in [0.29, 0.717) is 0 Å². The highest BCUT2D eigenvalue weighted by atomic mass is 16.3. The molecule has 0 amide bonds. The third-order valence-corrected chi connectivity index (χ3v) is 18.9. The molecule has 2 heterocycles. The van der Waals surface area contributed by atoms with Crippen molar-refractivity contribution in [3.05, 3.63) is 305 Å². The van der Waals surface area contributed by atoms with Crippen LogP contribution < -0.4 is 4.90 Å². The molecule has 3 nitrogen and oxygen atoms in total. The first-order valence-electron chi connectivity index (χ1n) is 28.7. The molecule has 0 saturated carbocycles. The molecule has 0 fully saturated rings. The standard InChI is InChI=1S/C79H55NO2/c1-77(2)62-34-20-17-31-56(62)72-74(77)73-69(71-60-33-19-22-36-67(60)82-76(71)72)57-43-41-54(45-63(57)78(73,3)4)80(53-39-37-49(38-40-53)48-23-9-5-10-24-48)55-42-44-58-64(46-55)79(51-27-13-7-14-28-51,52-29-15-8-16-30-52)65-47-61(50-25-11-6-12-26-50)75-70(68(58)65)59-32-18-21-35-66(59)81-75/h5-47H,1-4H3. The van der Waals surface area contributed by atoms with Gasteiger partial charge in [-0.25, -0.2) is 0 Å². The summed E-state index contributed by atoms with van der Waals surface area (Å²) in [6, 6.07) is 96.3. The molecule has 2 aromatic heterocycles. The lowest BCUT2D eigenvalue weighted by molar-refractivity contribution is 0.600. The van der Waals surface area contributed by atoms with E-state index in [2.05, 4.69) is 293 Å². The molecule has 0 aliphatic heterocycles. The van der Waals surface area contributed by atoms with Crippen LogP contribution in [0.25, 0.3) is 99.5 Å². The molecule has 0 saturated heterocycles. The maximum absolute atomic E-state index is 7.07. The topological polar surface area (TPSA) is 29.5 Å². The van der Waals surface area contributed by atoms with Gasteiger partial charge in [0.25, 0.3) is 0 Å². The number of furan rings is 2. The monoisotopic (exact) mass is 1050 g/mol. The lowest BCUT2D eigenvalue weighted by Gasteiger charge is -2.35. The van der Waals surface area contributed by atoms with Gasteiger partial charge < -0.3 is 13.7 Å². The summed E-state index contributed by atoms with van der Waals surface area (Å²) in [5, 5.41) is 4.61. The predicted molar refractivity (Wildman–Crippen MR) is 339 cm³/mol. The van der Waals surface area contributed by atoms with Crippen molar-refractivity contribution in [1.29, 1.82) is 0 Å². The number of rotatable bonds is 7. The van der Waals surface area contributed by atoms with Gasteiger partial charge in [-0.05, 0) is 144 Å². The molecule has 14 aromatic rings. The molecular formula is C79H55NO2. The summed E-state index contributed by atoms with van der Waals surface area (Å²) in [5.41, 5.74) is 27.8. The summed E-state index contributed by atoms with van der Waals surface area (Å²) in [6.07, 6.45) is 0. The Morgan fingerprint density at radius 2 is 0.756 bits per heavy atom. The number of nitrogens with zero attached hydrogens (tertiary/aromatic N) is 1. The van der Waals surface area contributed by atoms with Crippen LogP contribution in [0.2, 0.25) is 0 Å². The van der Waals surface area contributed by atoms with Gasteiger partial charge in [0.1, 0.15) is 22.3 Å². The Hall–Kier alpha value is -9.96. The number of benzene rings is 12. The van der Waals surface area contributed by atoms with Crippen LogP contribution in [-0.4, -0.2) is 0 Å². The minimum atomic E-state index is -0.729. The molecule has 3 aliphatic carbocycles. The van der Waals surface area contributed by atoms with Crippen LogP contribution in [0.4, 0.5) is 17.1 Å². The summed E-state index contributed by atoms with van der Waals surface area (Å²) in [5.74, 6) is 0. The number of hydrogen-bond acceptors (Lipinski definition) is 3. The van der Waals surface area contributed by atoms with Gasteiger partial charge in [-0.15, -0.1) is 0 Å². The van der Waals surface area contributed by atoms with E-state index in [-0.39, 0.29) is 10.8 Å². The van der Waals surface area contributed by atoms with E-state index in [1.165, 1.54) is 94.4 Å². The zero-order valence-electron chi connectivity index (χ0n) is 46.1. The van der Waals surface area contributed by atoms with Gasteiger partial charge in [0.05, 0.1) is 5.41 Å². The summed E-state index contributed by atoms with van der Waals surface area (Å²) in [6.45, 7) is 9.74. The van der Waals surface area contributed by atoms with Gasteiger partial charge in [-0.2, -0.15) is 0 Å². The van der Waals surface area contributed by atoms with Crippen molar-refractivity contribution in [1.82, 2.24) is 0 Å². The summed E-state index contributed by atoms with van der Waals surface area (Å²) in [7, 11) is 0. The van der Waals surface area contributed by atoms with Gasteiger partial charge in [0.2, 0.25) is 0 Å². The highest BCUT2D eigenvalue weighted by Gasteiger charge is 2.50. The molecule has 17 rings (SSSR count). The van der Waals surface area contributed by atoms with Crippen molar-refractivity contribution in [3.8, 4) is 55.6 Å². The van der Waals surface area contributed by atoms with Crippen molar-refractivity contribution in [2.75, 3.05) is 4.90 Å². The van der Waals surface area contributed by atoms with E-state index < -0.39 is 5.41 Å². The quantitative estimate of drug-likeness (QED) is 0.159. The number of hydrogen-bond donors (Lipinski definition) is 0. The van der Waals surface area contributed by atoms with E-state index in [0.717, 1.165) is 66.7 Å². The first kappa shape index (κ1) is 46.9. The molecule has 0 bridgehead atoms. The molecule has 0 atom stereocenters. The van der Waals surface area contributed by atoms with Crippen molar-refractivity contribution in [2.24, 2.45) is 0 Å². The third-order valence-electron chi connectivity index (χ3n) is 18.9. The van der Waals surface area contributed by atoms with E-state index >= 15 is 0 Å². The van der Waals surface area contributed by atoms with Crippen LogP contribution in [0, 0.1) is 0 Å². The second-order valence-corrected chi connectivity index (χ2v) is 23.8. The second kappa shape index (κ2) is 17.0. The minimum Gasteiger partial charge on any atom is -0.455 e. The number of anilines is 3. The summed E-state index contributed by atoms with van der Waals surface area (Å²) in [4.78, 5) is 2.50. The first-order valence-corrected chi connectivity index (χ1v) is 28.7. The molecule has 0 radical (unpaired) electrons. The van der Waals surface area contributed by atoms with Crippen LogP contribution in [0.3, 0.4) is 0 Å². The zero-order chi connectivity index (χ0) is 54.6. The van der Waals surface area contributed by atoms with Crippen molar-refractivity contribution in [2.45, 2.75) is 43.9 Å². The Morgan fingerprint density at radius 1 is 0.305 bits per heavy atom. The maximum Gasteiger partial charge on any atom is 0.144 e. The Balaban J connectivity index is 0.943. The van der Waals surface area contributed by atoms with Crippen LogP contribution in [-0.2, 0) is 16.2 Å². The van der Waals surface area contributed by atoms with Gasteiger partial charge in [0, 0.05) is 60.6 Å². The average Bonchev–Trinajstić information content (AvgIpc) is 1.99. The number of fused-ring (bicyclic) bond motifs is 19. The zero-order valence-corrected chi connectivity index (χ0v) is 46.1. The summed E-state index contributed by atoms with van der Waals surface area (Å²) >= 11 is 0. The molecule has 0 unspecified atom stereocenters. The third kappa shape index (κ3) is 6.25. The number of para-hydroxylation sites is 2. The molecule has 3 aliphatic rings. The molecule has 0 N–H and O–H groups in total. The molecular weight excluding hydrogens is 995 g/mol. The Bertz CT molecular complexity index is 4910. The lowest BCUT2D eigenvalue weighted by Crippen LogP contribution is -2.29. The fourth-order valence-electron chi connectivity index (χ4n) is 15.4. The van der Waals surface area contributed by atoms with Gasteiger partial charge in [-0.1, -0.05) is 234 Å². The van der Waals surface area contributed by atoms with Crippen LogP contribution >= 0.6 is 0 Å². The predicted octanol–water partition coefficient (Wildman–Crippen LogP) is 21.3. The van der Waals surface area contributed by atoms with Crippen molar-refractivity contribution < 1.29 is 8.83 Å². The fraction of sp³-hybridized carbons (Fsp3) is 0.0886. The van der Waals surface area contributed by atoms with Gasteiger partial charge in [0.15, 0.2) is 0 Å². The van der Waals surface area contributed by atoms with E-state index in [9.17, 15) is 0 Å². The Morgan fingerprint density at radius 3 is 1.39 bits per heavy atom. The van der Waals surface area contributed by atoms with Crippen LogP contribution in [0.5, 0.6) is 0 Å². The largest absolute Gasteiger partial charge is 0.455 e.